The lowest BCUT2D eigenvalue weighted by molar-refractivity contribution is -0.132. The van der Waals surface area contributed by atoms with Gasteiger partial charge in [0.2, 0.25) is 0 Å². The number of aliphatic hydroxyl groups is 1. The summed E-state index contributed by atoms with van der Waals surface area (Å²) in [6.07, 6.45) is 0. The van der Waals surface area contributed by atoms with Gasteiger partial charge in [0.25, 0.3) is 5.78 Å². The number of phenolic OH excluding ortho intramolecular Hbond substituents is 1. The van der Waals surface area contributed by atoms with Crippen molar-refractivity contribution in [1.29, 1.82) is 0 Å². The Morgan fingerprint density at radius 2 is 1.80 bits per heavy atom. The fourth-order valence-corrected chi connectivity index (χ4v) is 6.32. The van der Waals surface area contributed by atoms with Gasteiger partial charge in [-0.25, -0.2) is 9.78 Å². The number of benzene rings is 3. The smallest absolute Gasteiger partial charge is 0.350 e. The Kier molecular flexibility index (Phi) is 8.75. The maximum absolute atomic E-state index is 13.6. The van der Waals surface area contributed by atoms with Crippen LogP contribution >= 0.6 is 27.3 Å². The van der Waals surface area contributed by atoms with Crippen LogP contribution in [0.1, 0.15) is 43.7 Å². The summed E-state index contributed by atoms with van der Waals surface area (Å²) in [4.78, 5) is 45.2. The zero-order chi connectivity index (χ0) is 31.7. The van der Waals surface area contributed by atoms with E-state index in [0.29, 0.717) is 23.6 Å². The zero-order valence-corrected chi connectivity index (χ0v) is 26.5. The number of aryl methyl sites for hydroxylation is 2. The van der Waals surface area contributed by atoms with Crippen LogP contribution in [0.5, 0.6) is 17.2 Å². The van der Waals surface area contributed by atoms with Crippen molar-refractivity contribution in [1.82, 2.24) is 4.98 Å². The van der Waals surface area contributed by atoms with E-state index in [1.165, 1.54) is 26.4 Å². The van der Waals surface area contributed by atoms with Crippen LogP contribution in [0.3, 0.4) is 0 Å². The van der Waals surface area contributed by atoms with Crippen LogP contribution in [0.4, 0.5) is 5.13 Å². The number of Topliss-reactive ketones (excluding diaryl/α,β-unsaturated/α-hetero) is 1. The van der Waals surface area contributed by atoms with Crippen molar-refractivity contribution >= 4 is 55.8 Å². The normalized spacial score (nSPS) is 15.8. The summed E-state index contributed by atoms with van der Waals surface area (Å²) < 4.78 is 16.3. The molecule has 0 spiro atoms. The van der Waals surface area contributed by atoms with E-state index in [2.05, 4.69) is 20.9 Å². The Bertz CT molecular complexity index is 1820. The molecule has 1 aliphatic heterocycles. The summed E-state index contributed by atoms with van der Waals surface area (Å²) >= 11 is 4.18. The Morgan fingerprint density at radius 3 is 2.45 bits per heavy atom. The average Bonchev–Trinajstić information content (AvgIpc) is 3.52. The number of aromatic hydroxyl groups is 1. The first-order valence-electron chi connectivity index (χ1n) is 13.3. The van der Waals surface area contributed by atoms with Crippen molar-refractivity contribution < 1.29 is 38.8 Å². The zero-order valence-electron chi connectivity index (χ0n) is 24.1. The predicted molar refractivity (Wildman–Crippen MR) is 167 cm³/mol. The van der Waals surface area contributed by atoms with Crippen LogP contribution in [0.15, 0.2) is 70.7 Å². The number of ether oxygens (including phenoxy) is 3. The number of halogens is 1. The monoisotopic (exact) mass is 678 g/mol. The molecule has 10 nitrogen and oxygen atoms in total. The lowest BCUT2D eigenvalue weighted by atomic mass is 9.95. The van der Waals surface area contributed by atoms with Gasteiger partial charge < -0.3 is 24.4 Å². The van der Waals surface area contributed by atoms with Crippen LogP contribution < -0.4 is 14.4 Å². The molecule has 1 saturated heterocycles. The van der Waals surface area contributed by atoms with E-state index in [9.17, 15) is 24.6 Å². The van der Waals surface area contributed by atoms with Gasteiger partial charge in [-0.2, -0.15) is 0 Å². The highest BCUT2D eigenvalue weighted by molar-refractivity contribution is 9.10. The van der Waals surface area contributed by atoms with Gasteiger partial charge in [-0.1, -0.05) is 41.2 Å². The number of phenols is 1. The van der Waals surface area contributed by atoms with E-state index in [1.54, 1.807) is 31.2 Å². The van der Waals surface area contributed by atoms with Crippen molar-refractivity contribution in [2.45, 2.75) is 26.5 Å². The number of esters is 1. The van der Waals surface area contributed by atoms with Gasteiger partial charge in [-0.3, -0.25) is 14.5 Å². The van der Waals surface area contributed by atoms with Crippen LogP contribution in [-0.4, -0.2) is 47.1 Å². The third-order valence-corrected chi connectivity index (χ3v) is 8.75. The largest absolute Gasteiger partial charge is 0.507 e. The van der Waals surface area contributed by atoms with Gasteiger partial charge in [-0.05, 0) is 77.3 Å². The minimum Gasteiger partial charge on any atom is -0.507 e. The lowest BCUT2D eigenvalue weighted by Gasteiger charge is -2.24. The predicted octanol–water partition coefficient (Wildman–Crippen LogP) is 6.23. The number of nitrogens with zero attached hydrogens (tertiary/aromatic N) is 2. The highest BCUT2D eigenvalue weighted by Gasteiger charge is 2.49. The molecule has 1 fully saturated rings. The summed E-state index contributed by atoms with van der Waals surface area (Å²) in [5.74, 6) is -2.55. The molecule has 1 aromatic heterocycles. The number of aliphatic hydroxyl groups excluding tert-OH is 1. The first-order chi connectivity index (χ1) is 21.0. The number of hydrogen-bond donors (Lipinski definition) is 2. The number of hydrogen-bond acceptors (Lipinski definition) is 10. The minimum absolute atomic E-state index is 0.0529. The molecule has 1 aliphatic rings. The van der Waals surface area contributed by atoms with Crippen molar-refractivity contribution in [2.75, 3.05) is 19.1 Å². The molecule has 3 aromatic carbocycles. The van der Waals surface area contributed by atoms with Gasteiger partial charge in [-0.15, -0.1) is 0 Å². The Labute approximate surface area is 265 Å². The number of aromatic nitrogens is 1. The van der Waals surface area contributed by atoms with Crippen LogP contribution in [0, 0.1) is 13.8 Å². The van der Waals surface area contributed by atoms with Gasteiger partial charge in [0.15, 0.2) is 16.6 Å². The summed E-state index contributed by atoms with van der Waals surface area (Å²) in [6, 6.07) is 16.2. The molecule has 0 radical (unpaired) electrons. The number of amides is 1. The molecule has 1 amide bonds. The molecule has 4 aromatic rings. The number of thiazole rings is 1. The molecule has 2 heterocycles. The molecule has 2 N–H and O–H groups in total. The van der Waals surface area contributed by atoms with Gasteiger partial charge in [0.05, 0.1) is 36.0 Å². The molecule has 12 heteroatoms. The summed E-state index contributed by atoms with van der Waals surface area (Å²) in [7, 11) is 2.59. The first kappa shape index (κ1) is 30.8. The maximum Gasteiger partial charge on any atom is 0.350 e. The molecule has 1 unspecified atom stereocenters. The number of methoxy groups -OCH3 is 2. The van der Waals surface area contributed by atoms with E-state index in [4.69, 9.17) is 14.2 Å². The Morgan fingerprint density at radius 1 is 1.07 bits per heavy atom. The van der Waals surface area contributed by atoms with E-state index in [-0.39, 0.29) is 37.1 Å². The van der Waals surface area contributed by atoms with Crippen LogP contribution in [0.2, 0.25) is 0 Å². The van der Waals surface area contributed by atoms with Crippen molar-refractivity contribution in [3.63, 3.8) is 0 Å². The molecular weight excluding hydrogens is 652 g/mol. The number of rotatable bonds is 8. The standard InChI is InChI=1S/C32H27BrN2O8S/c1-16-6-5-7-18(12-16)15-43-21-10-8-19(9-11-21)26(36)24-25(20-13-22(33)27(37)23(14-20)41-3)35(30(39)28(24)38)32-34-17(2)29(44-32)31(40)42-4/h5-14,25,36-37H,15H2,1-4H3/b26-24+. The second-order valence-corrected chi connectivity index (χ2v) is 11.8. The van der Waals surface area contributed by atoms with Gasteiger partial charge in [0, 0.05) is 5.56 Å². The number of ketones is 1. The lowest BCUT2D eigenvalue weighted by Crippen LogP contribution is -2.29. The fraction of sp³-hybridized carbons (Fsp3) is 0.188. The van der Waals surface area contributed by atoms with E-state index in [0.717, 1.165) is 27.4 Å². The maximum atomic E-state index is 13.6. The van der Waals surface area contributed by atoms with Crippen LogP contribution in [-0.2, 0) is 20.9 Å². The van der Waals surface area contributed by atoms with E-state index < -0.39 is 29.5 Å². The second kappa shape index (κ2) is 12.5. The first-order valence-corrected chi connectivity index (χ1v) is 14.9. The SMILES string of the molecule is COC(=O)c1sc(N2C(=O)C(=O)/C(=C(/O)c3ccc(OCc4cccc(C)c4)cc3)C2c2cc(Br)c(O)c(OC)c2)nc1C. The molecule has 0 bridgehead atoms. The highest BCUT2D eigenvalue weighted by atomic mass is 79.9. The molecule has 1 atom stereocenters. The summed E-state index contributed by atoms with van der Waals surface area (Å²) in [5.41, 5.74) is 2.81. The number of anilines is 1. The third kappa shape index (κ3) is 5.78. The minimum atomic E-state index is -1.19. The van der Waals surface area contributed by atoms with Gasteiger partial charge >= 0.3 is 11.9 Å². The van der Waals surface area contributed by atoms with E-state index >= 15 is 0 Å². The Balaban J connectivity index is 1.59. The van der Waals surface area contributed by atoms with Gasteiger partial charge in [0.1, 0.15) is 23.0 Å². The van der Waals surface area contributed by atoms with Crippen molar-refractivity contribution in [3.8, 4) is 17.2 Å². The summed E-state index contributed by atoms with van der Waals surface area (Å²) in [6.45, 7) is 3.93. The fourth-order valence-electron chi connectivity index (χ4n) is 4.85. The van der Waals surface area contributed by atoms with Crippen molar-refractivity contribution in [2.24, 2.45) is 0 Å². The van der Waals surface area contributed by atoms with Crippen molar-refractivity contribution in [3.05, 3.63) is 104 Å². The molecule has 44 heavy (non-hydrogen) atoms. The topological polar surface area (TPSA) is 135 Å². The molecular formula is C32H27BrN2O8S. The number of carbonyl (C=O) groups is 3. The summed E-state index contributed by atoms with van der Waals surface area (Å²) in [5, 5.41) is 22.0. The molecule has 5 rings (SSSR count). The Hall–Kier alpha value is -4.68. The number of carbonyl (C=O) groups excluding carboxylic acids is 3. The quantitative estimate of drug-likeness (QED) is 0.0962. The third-order valence-electron chi connectivity index (χ3n) is 7.01. The van der Waals surface area contributed by atoms with E-state index in [1.807, 2.05) is 31.2 Å². The highest BCUT2D eigenvalue weighted by Crippen LogP contribution is 2.47. The molecule has 0 aliphatic carbocycles. The molecule has 226 valence electrons. The van der Waals surface area contributed by atoms with Crippen LogP contribution in [0.25, 0.3) is 5.76 Å². The average molecular weight is 680 g/mol. The second-order valence-electron chi connectivity index (χ2n) is 9.93. The molecule has 0 saturated carbocycles.